The van der Waals surface area contributed by atoms with Crippen LogP contribution in [0.5, 0.6) is 0 Å². The number of carbonyl (C=O) groups excluding carboxylic acids is 1. The van der Waals surface area contributed by atoms with E-state index in [2.05, 4.69) is 17.6 Å². The Morgan fingerprint density at radius 2 is 2.14 bits per heavy atom. The van der Waals surface area contributed by atoms with Gasteiger partial charge in [-0.2, -0.15) is 0 Å². The number of nitrogens with one attached hydrogen (secondary N) is 2. The highest BCUT2D eigenvalue weighted by molar-refractivity contribution is 5.75. The highest BCUT2D eigenvalue weighted by Gasteiger charge is 2.59. The quantitative estimate of drug-likeness (QED) is 0.833. The van der Waals surface area contributed by atoms with Crippen LogP contribution in [-0.2, 0) is 9.47 Å². The minimum Gasteiger partial charge on any atom is -0.378 e. The second-order valence-corrected chi connectivity index (χ2v) is 7.15. The Bertz CT molecular complexity index is 424. The predicted molar refractivity (Wildman–Crippen MR) is 78.1 cm³/mol. The van der Waals surface area contributed by atoms with Crippen molar-refractivity contribution < 1.29 is 14.3 Å². The molecule has 1 spiro atoms. The molecule has 5 heteroatoms. The second-order valence-electron chi connectivity index (χ2n) is 7.15. The van der Waals surface area contributed by atoms with E-state index in [-0.39, 0.29) is 23.6 Å². The lowest BCUT2D eigenvalue weighted by Gasteiger charge is -2.60. The molecule has 0 aromatic carbocycles. The third-order valence-electron chi connectivity index (χ3n) is 6.17. The largest absolute Gasteiger partial charge is 0.378 e. The minimum absolute atomic E-state index is 0.0117. The minimum atomic E-state index is -0.0117. The Morgan fingerprint density at radius 3 is 2.71 bits per heavy atom. The Labute approximate surface area is 126 Å². The molecule has 2 saturated heterocycles. The molecule has 5 atom stereocenters. The number of rotatable bonds is 4. The van der Waals surface area contributed by atoms with Gasteiger partial charge >= 0.3 is 6.03 Å². The van der Waals surface area contributed by atoms with Crippen LogP contribution in [0.25, 0.3) is 0 Å². The van der Waals surface area contributed by atoms with Crippen molar-refractivity contribution in [1.29, 1.82) is 0 Å². The summed E-state index contributed by atoms with van der Waals surface area (Å²) in [7, 11) is 0. The van der Waals surface area contributed by atoms with E-state index in [1.165, 1.54) is 19.3 Å². The molecule has 4 rings (SSSR count). The summed E-state index contributed by atoms with van der Waals surface area (Å²) < 4.78 is 11.6. The smallest absolute Gasteiger partial charge is 0.315 e. The monoisotopic (exact) mass is 294 g/mol. The number of carbonyl (C=O) groups is 1. The number of urea groups is 1. The first-order valence-electron chi connectivity index (χ1n) is 8.55. The number of amides is 2. The van der Waals surface area contributed by atoms with E-state index in [0.29, 0.717) is 18.2 Å². The lowest BCUT2D eigenvalue weighted by Crippen LogP contribution is -2.68. The van der Waals surface area contributed by atoms with Gasteiger partial charge in [0.25, 0.3) is 0 Å². The van der Waals surface area contributed by atoms with Crippen LogP contribution >= 0.6 is 0 Å². The molecule has 4 aliphatic rings. The molecule has 118 valence electrons. The molecule has 2 N–H and O–H groups in total. The SMILES string of the molecule is CCO[C@@H]1C[C@@H](NC(=O)N[C@H]2C[C@H]3CC[C@H]2O3)C12CCC2. The van der Waals surface area contributed by atoms with Crippen molar-refractivity contribution in [2.45, 2.75) is 82.3 Å². The van der Waals surface area contributed by atoms with Crippen molar-refractivity contribution in [3.63, 3.8) is 0 Å². The van der Waals surface area contributed by atoms with E-state index >= 15 is 0 Å². The van der Waals surface area contributed by atoms with Crippen molar-refractivity contribution in [1.82, 2.24) is 10.6 Å². The summed E-state index contributed by atoms with van der Waals surface area (Å²) in [6, 6.07) is 0.494. The molecule has 4 fully saturated rings. The summed E-state index contributed by atoms with van der Waals surface area (Å²) in [6.07, 6.45) is 8.84. The van der Waals surface area contributed by atoms with E-state index in [0.717, 1.165) is 32.3 Å². The fraction of sp³-hybridized carbons (Fsp3) is 0.938. The first kappa shape index (κ1) is 13.8. The number of fused-ring (bicyclic) bond motifs is 2. The zero-order valence-electron chi connectivity index (χ0n) is 12.8. The van der Waals surface area contributed by atoms with E-state index < -0.39 is 0 Å². The first-order chi connectivity index (χ1) is 10.2. The molecule has 0 unspecified atom stereocenters. The van der Waals surface area contributed by atoms with Crippen molar-refractivity contribution in [3.05, 3.63) is 0 Å². The van der Waals surface area contributed by atoms with Gasteiger partial charge < -0.3 is 20.1 Å². The van der Waals surface area contributed by atoms with Crippen molar-refractivity contribution in [3.8, 4) is 0 Å². The van der Waals surface area contributed by atoms with Gasteiger partial charge in [0.1, 0.15) is 0 Å². The van der Waals surface area contributed by atoms with Gasteiger partial charge in [0.2, 0.25) is 0 Å². The highest BCUT2D eigenvalue weighted by Crippen LogP contribution is 2.57. The third-order valence-corrected chi connectivity index (χ3v) is 6.17. The number of ether oxygens (including phenoxy) is 2. The van der Waals surface area contributed by atoms with Gasteiger partial charge in [-0.25, -0.2) is 4.79 Å². The fourth-order valence-electron chi connectivity index (χ4n) is 4.80. The van der Waals surface area contributed by atoms with Gasteiger partial charge in [0.15, 0.2) is 0 Å². The Hall–Kier alpha value is -0.810. The predicted octanol–water partition coefficient (Wildman–Crippen LogP) is 1.95. The summed E-state index contributed by atoms with van der Waals surface area (Å²) in [5.41, 5.74) is 0.235. The van der Waals surface area contributed by atoms with Crippen molar-refractivity contribution in [2.75, 3.05) is 6.61 Å². The zero-order valence-corrected chi connectivity index (χ0v) is 12.8. The van der Waals surface area contributed by atoms with Gasteiger partial charge in [-0.05, 0) is 45.4 Å². The summed E-state index contributed by atoms with van der Waals surface area (Å²) in [6.45, 7) is 2.82. The van der Waals surface area contributed by atoms with E-state index in [1.807, 2.05) is 0 Å². The standard InChI is InChI=1S/C16H26N2O3/c1-2-20-14-9-13(16(14)6-3-7-16)18-15(19)17-11-8-10-4-5-12(11)21-10/h10-14H,2-9H2,1H3,(H2,17,18,19)/t10-,11+,12-,13-,14-/m1/s1. The molecule has 2 amide bonds. The third kappa shape index (κ3) is 2.16. The van der Waals surface area contributed by atoms with E-state index in [4.69, 9.17) is 9.47 Å². The van der Waals surface area contributed by atoms with Crippen molar-refractivity contribution >= 4 is 6.03 Å². The average Bonchev–Trinajstić information content (AvgIpc) is 2.97. The number of hydrogen-bond acceptors (Lipinski definition) is 3. The lowest BCUT2D eigenvalue weighted by atomic mass is 9.51. The molecule has 5 nitrogen and oxygen atoms in total. The fourth-order valence-corrected chi connectivity index (χ4v) is 4.80. The molecule has 0 aromatic rings. The van der Waals surface area contributed by atoms with Gasteiger partial charge in [0, 0.05) is 18.1 Å². The summed E-state index contributed by atoms with van der Waals surface area (Å²) in [5.74, 6) is 0. The zero-order chi connectivity index (χ0) is 14.4. The highest BCUT2D eigenvalue weighted by atomic mass is 16.5. The van der Waals surface area contributed by atoms with Gasteiger partial charge in [-0.1, -0.05) is 6.42 Å². The summed E-state index contributed by atoms with van der Waals surface area (Å²) in [5, 5.41) is 6.32. The Balaban J connectivity index is 1.29. The molecule has 2 aliphatic heterocycles. The molecular formula is C16H26N2O3. The molecule has 2 bridgehead atoms. The Morgan fingerprint density at radius 1 is 1.29 bits per heavy atom. The van der Waals surface area contributed by atoms with Crippen LogP contribution in [-0.4, -0.2) is 43.0 Å². The molecular weight excluding hydrogens is 268 g/mol. The van der Waals surface area contributed by atoms with Crippen LogP contribution in [0.4, 0.5) is 4.79 Å². The van der Waals surface area contributed by atoms with Gasteiger partial charge in [-0.3, -0.25) is 0 Å². The van der Waals surface area contributed by atoms with Gasteiger partial charge in [0.05, 0.1) is 24.4 Å². The van der Waals surface area contributed by atoms with Gasteiger partial charge in [-0.15, -0.1) is 0 Å². The maximum absolute atomic E-state index is 12.3. The number of hydrogen-bond donors (Lipinski definition) is 2. The molecule has 0 aromatic heterocycles. The van der Waals surface area contributed by atoms with Crippen LogP contribution < -0.4 is 10.6 Å². The van der Waals surface area contributed by atoms with Crippen LogP contribution in [0, 0.1) is 5.41 Å². The normalized spacial score (nSPS) is 42.4. The van der Waals surface area contributed by atoms with Crippen LogP contribution in [0.2, 0.25) is 0 Å². The molecule has 21 heavy (non-hydrogen) atoms. The van der Waals surface area contributed by atoms with Crippen molar-refractivity contribution in [2.24, 2.45) is 5.41 Å². The summed E-state index contributed by atoms with van der Waals surface area (Å²) >= 11 is 0. The van der Waals surface area contributed by atoms with E-state index in [9.17, 15) is 4.79 Å². The summed E-state index contributed by atoms with van der Waals surface area (Å²) in [4.78, 5) is 12.3. The lowest BCUT2D eigenvalue weighted by molar-refractivity contribution is -0.169. The average molecular weight is 294 g/mol. The molecule has 0 radical (unpaired) electrons. The van der Waals surface area contributed by atoms with E-state index in [1.54, 1.807) is 0 Å². The van der Waals surface area contributed by atoms with Crippen LogP contribution in [0.3, 0.4) is 0 Å². The van der Waals surface area contributed by atoms with Crippen LogP contribution in [0.1, 0.15) is 51.9 Å². The molecule has 2 heterocycles. The Kier molecular flexibility index (Phi) is 3.38. The molecule has 2 saturated carbocycles. The first-order valence-corrected chi connectivity index (χ1v) is 8.55. The topological polar surface area (TPSA) is 59.6 Å². The van der Waals surface area contributed by atoms with Crippen LogP contribution in [0.15, 0.2) is 0 Å². The second kappa shape index (κ2) is 5.13. The molecule has 2 aliphatic carbocycles. The maximum Gasteiger partial charge on any atom is 0.315 e. The maximum atomic E-state index is 12.3.